The Kier molecular flexibility index (Phi) is 15.8. The molecule has 2 aromatic carbocycles. The molecule has 79 heavy (non-hydrogen) atoms. The molecule has 5 aromatic heterocycles. The molecule has 20 nitrogen and oxygen atoms in total. The Morgan fingerprint density at radius 1 is 0.544 bits per heavy atom. The van der Waals surface area contributed by atoms with Crippen LogP contribution in [0.5, 0.6) is 0 Å². The zero-order valence-electron chi connectivity index (χ0n) is 44.8. The summed E-state index contributed by atoms with van der Waals surface area (Å²) in [4.78, 5) is 61.0. The summed E-state index contributed by atoms with van der Waals surface area (Å²) in [7, 11) is -8.05. The van der Waals surface area contributed by atoms with Crippen molar-refractivity contribution < 1.29 is 36.6 Å². The van der Waals surface area contributed by atoms with Crippen LogP contribution in [0, 0.1) is 27.7 Å². The Morgan fingerprint density at radius 2 is 0.962 bits per heavy atom. The molecule has 9 rings (SSSR count). The second-order valence-electron chi connectivity index (χ2n) is 19.5. The third-order valence-electron chi connectivity index (χ3n) is 13.9. The van der Waals surface area contributed by atoms with E-state index >= 15 is 0 Å². The van der Waals surface area contributed by atoms with Crippen LogP contribution >= 0.6 is 0 Å². The number of hydrogen-bond donors (Lipinski definition) is 8. The third kappa shape index (κ3) is 12.2. The molecule has 0 spiro atoms. The minimum absolute atomic E-state index is 0.0174. The average molecular weight is 1110 g/mol. The van der Waals surface area contributed by atoms with Gasteiger partial charge < -0.3 is 30.8 Å². The smallest absolute Gasteiger partial charge is 0.264 e. The number of aromatic nitrogens is 8. The number of sulfonamides is 2. The van der Waals surface area contributed by atoms with Gasteiger partial charge >= 0.3 is 0 Å². The number of H-pyrrole nitrogens is 2. The number of carbonyl (C=O) groups excluding carboxylic acids is 2. The Morgan fingerprint density at radius 3 is 1.39 bits per heavy atom. The van der Waals surface area contributed by atoms with Gasteiger partial charge in [-0.25, -0.2) is 56.2 Å². The zero-order valence-corrected chi connectivity index (χ0v) is 46.4. The molecule has 0 radical (unpaired) electrons. The number of fused-ring (bicyclic) bond motifs is 8. The summed E-state index contributed by atoms with van der Waals surface area (Å²) >= 11 is 0. The Balaban J connectivity index is 1.05. The SMILES string of the molecule is CCC(O)c1c(C)c2cc3[nH]c(cc4nc(cc5nc(cc1[nH]2)C(C)=C5CCC(=O)Nc1ccc(S(=O)(=O)Nc2nccc(C)n2)cc1)C(CCC(=O)Nc1ccc(S(=O)(=O)Nc2nccc(C)n2)cc1)=C4C)c(C)c3C(C)O. The third-order valence-corrected chi connectivity index (χ3v) is 16.6. The summed E-state index contributed by atoms with van der Waals surface area (Å²) < 4.78 is 57.2. The molecule has 0 saturated carbocycles. The number of aryl methyl sites for hydroxylation is 4. The van der Waals surface area contributed by atoms with Gasteiger partial charge in [0.05, 0.1) is 44.8 Å². The lowest BCUT2D eigenvalue weighted by Crippen LogP contribution is -2.15. The number of benzene rings is 2. The van der Waals surface area contributed by atoms with Crippen LogP contribution in [0.3, 0.4) is 0 Å². The molecular formula is C57H60N12O8S2. The fourth-order valence-corrected chi connectivity index (χ4v) is 11.6. The Hall–Kier alpha value is -8.44. The monoisotopic (exact) mass is 1100 g/mol. The second kappa shape index (κ2) is 22.5. The maximum Gasteiger partial charge on any atom is 0.264 e. The largest absolute Gasteiger partial charge is 0.389 e. The molecule has 2 unspecified atom stereocenters. The van der Waals surface area contributed by atoms with Crippen molar-refractivity contribution in [1.82, 2.24) is 39.9 Å². The number of hydrogen-bond acceptors (Lipinski definition) is 14. The van der Waals surface area contributed by atoms with E-state index in [9.17, 15) is 36.6 Å². The van der Waals surface area contributed by atoms with E-state index in [1.807, 2.05) is 58.9 Å². The van der Waals surface area contributed by atoms with Crippen molar-refractivity contribution in [2.24, 2.45) is 0 Å². The lowest BCUT2D eigenvalue weighted by atomic mass is 9.97. The first-order valence-corrected chi connectivity index (χ1v) is 28.5. The van der Waals surface area contributed by atoms with Gasteiger partial charge in [0.25, 0.3) is 20.0 Å². The molecular weight excluding hydrogens is 1040 g/mol. The first-order valence-electron chi connectivity index (χ1n) is 25.5. The molecule has 2 amide bonds. The summed E-state index contributed by atoms with van der Waals surface area (Å²) in [5, 5.41) is 28.4. The number of amides is 2. The van der Waals surface area contributed by atoms with Gasteiger partial charge in [-0.05, 0) is 186 Å². The summed E-state index contributed by atoms with van der Waals surface area (Å²) in [5.41, 5.74) is 13.1. The van der Waals surface area contributed by atoms with Crippen LogP contribution in [0.1, 0.15) is 128 Å². The molecule has 8 N–H and O–H groups in total. The van der Waals surface area contributed by atoms with E-state index in [1.54, 1.807) is 32.9 Å². The zero-order chi connectivity index (χ0) is 56.5. The van der Waals surface area contributed by atoms with Gasteiger partial charge in [0, 0.05) is 81.2 Å². The number of nitrogens with one attached hydrogen (secondary N) is 6. The van der Waals surface area contributed by atoms with Crippen LogP contribution < -0.4 is 20.1 Å². The maximum absolute atomic E-state index is 13.7. The predicted octanol–water partition coefficient (Wildman–Crippen LogP) is 9.93. The molecule has 2 aliphatic rings. The van der Waals surface area contributed by atoms with E-state index in [4.69, 9.17) is 9.97 Å². The fraction of sp³-hybridized carbons (Fsp3) is 0.263. The summed E-state index contributed by atoms with van der Waals surface area (Å²) in [6, 6.07) is 22.4. The number of aliphatic hydroxyl groups is 2. The minimum atomic E-state index is -4.02. The molecule has 0 saturated heterocycles. The van der Waals surface area contributed by atoms with Gasteiger partial charge in [-0.1, -0.05) is 6.92 Å². The molecule has 0 fully saturated rings. The average Bonchev–Trinajstić information content (AvgIpc) is 4.31. The second-order valence-corrected chi connectivity index (χ2v) is 22.9. The predicted molar refractivity (Wildman–Crippen MR) is 305 cm³/mol. The number of nitrogens with zero attached hydrogens (tertiary/aromatic N) is 6. The minimum Gasteiger partial charge on any atom is -0.389 e. The van der Waals surface area contributed by atoms with Crippen molar-refractivity contribution >= 4 is 99.5 Å². The molecule has 408 valence electrons. The number of aliphatic hydroxyl groups excluding tert-OH is 2. The molecule has 7 heterocycles. The molecule has 2 atom stereocenters. The van der Waals surface area contributed by atoms with Crippen molar-refractivity contribution in [2.75, 3.05) is 20.1 Å². The first kappa shape index (κ1) is 55.3. The molecule has 8 bridgehead atoms. The molecule has 2 aliphatic heterocycles. The van der Waals surface area contributed by atoms with Crippen LogP contribution in [-0.2, 0) is 29.6 Å². The van der Waals surface area contributed by atoms with Crippen LogP contribution in [0.15, 0.2) is 107 Å². The van der Waals surface area contributed by atoms with Crippen molar-refractivity contribution in [3.8, 4) is 0 Å². The summed E-state index contributed by atoms with van der Waals surface area (Å²) in [6.45, 7) is 14.8. The molecule has 22 heteroatoms. The van der Waals surface area contributed by atoms with Gasteiger partial charge in [0.1, 0.15) is 0 Å². The van der Waals surface area contributed by atoms with Gasteiger partial charge in [0.15, 0.2) is 0 Å². The topological polar surface area (TPSA) is 300 Å². The van der Waals surface area contributed by atoms with Crippen molar-refractivity contribution in [3.63, 3.8) is 0 Å². The highest BCUT2D eigenvalue weighted by atomic mass is 32.2. The number of carbonyl (C=O) groups is 2. The lowest BCUT2D eigenvalue weighted by Gasteiger charge is -2.10. The lowest BCUT2D eigenvalue weighted by molar-refractivity contribution is -0.116. The standard InChI is InChI=1S/C57H60N12O8S2/c1-9-51(71)55-35(7)46-28-49-54(36(8)70)34(6)45(66-49)26-43-32(4)41(18-20-52(72)62-37-10-14-39(15-11-37)78(74,75)68-56-58-24-22-30(2)60-56)47(64-43)29-48-42(33(5)44(65-48)27-50(55)67-46)19-21-53(73)63-38-12-16-40(17-13-38)79(76,77)69-57-59-25-23-31(3)61-57/h10-17,22-29,36,51,66-67,70-71H,9,18-21H2,1-8H3,(H,62,72)(H,63,73)(H,58,60,68)(H,59,61,69). The molecule has 7 aromatic rings. The van der Waals surface area contributed by atoms with E-state index < -0.39 is 32.3 Å². The van der Waals surface area contributed by atoms with Gasteiger partial charge in [0.2, 0.25) is 23.7 Å². The quantitative estimate of drug-likeness (QED) is 0.0421. The van der Waals surface area contributed by atoms with E-state index in [-0.39, 0.29) is 59.2 Å². The fourth-order valence-electron chi connectivity index (χ4n) is 9.66. The van der Waals surface area contributed by atoms with Crippen molar-refractivity contribution in [1.29, 1.82) is 0 Å². The maximum atomic E-state index is 13.7. The van der Waals surface area contributed by atoms with E-state index in [0.29, 0.717) is 79.6 Å². The number of anilines is 4. The van der Waals surface area contributed by atoms with Crippen LogP contribution in [0.2, 0.25) is 0 Å². The highest BCUT2D eigenvalue weighted by Gasteiger charge is 2.25. The Bertz CT molecular complexity index is 4040. The van der Waals surface area contributed by atoms with Crippen molar-refractivity contribution in [3.05, 3.63) is 154 Å². The van der Waals surface area contributed by atoms with E-state index in [2.05, 4.69) is 50.0 Å². The molecule has 0 aliphatic carbocycles. The van der Waals surface area contributed by atoms with Crippen LogP contribution in [0.4, 0.5) is 23.3 Å². The number of allylic oxidation sites excluding steroid dienone is 4. The van der Waals surface area contributed by atoms with Crippen LogP contribution in [0.25, 0.3) is 44.4 Å². The van der Waals surface area contributed by atoms with Gasteiger partial charge in [-0.2, -0.15) is 0 Å². The van der Waals surface area contributed by atoms with Crippen LogP contribution in [-0.4, -0.2) is 78.7 Å². The number of rotatable bonds is 17. The van der Waals surface area contributed by atoms with Gasteiger partial charge in [-0.3, -0.25) is 9.59 Å². The summed E-state index contributed by atoms with van der Waals surface area (Å²) in [6.07, 6.45) is 2.21. The highest BCUT2D eigenvalue weighted by molar-refractivity contribution is 7.93. The van der Waals surface area contributed by atoms with E-state index in [1.165, 1.54) is 60.9 Å². The van der Waals surface area contributed by atoms with Crippen molar-refractivity contribution in [2.45, 2.75) is 109 Å². The number of aromatic amines is 2. The van der Waals surface area contributed by atoms with E-state index in [0.717, 1.165) is 38.9 Å². The highest BCUT2D eigenvalue weighted by Crippen LogP contribution is 2.39. The Labute approximate surface area is 457 Å². The normalized spacial score (nSPS) is 13.5. The van der Waals surface area contributed by atoms with Gasteiger partial charge in [-0.15, -0.1) is 0 Å². The first-order chi connectivity index (χ1) is 37.6. The summed E-state index contributed by atoms with van der Waals surface area (Å²) in [5.74, 6) is -0.792.